The monoisotopic (exact) mass is 397 g/mol. The summed E-state index contributed by atoms with van der Waals surface area (Å²) in [6, 6.07) is 8.43. The van der Waals surface area contributed by atoms with Crippen LogP contribution < -0.4 is 10.0 Å². The number of carbonyl (C=O) groups excluding carboxylic acids is 2. The molecule has 0 bridgehead atoms. The lowest BCUT2D eigenvalue weighted by Crippen LogP contribution is -2.21. The average molecular weight is 397 g/mol. The van der Waals surface area contributed by atoms with E-state index in [2.05, 4.69) is 10.0 Å². The number of ether oxygens (including phenoxy) is 1. The standard InChI is InChI=1S/C16H19N3O5S2/c1-17-26(22,23)13-8-14(19(2)9-13)16(21)24-10-15(20)18-11-5-4-6-12(7-11)25-3/h4-9,17H,10H2,1-3H3,(H,18,20). The fourth-order valence-electron chi connectivity index (χ4n) is 2.10. The fraction of sp³-hybridized carbons (Fsp3) is 0.250. The minimum Gasteiger partial charge on any atom is -0.451 e. The van der Waals surface area contributed by atoms with Gasteiger partial charge >= 0.3 is 5.97 Å². The molecule has 0 unspecified atom stereocenters. The van der Waals surface area contributed by atoms with Crippen molar-refractivity contribution in [3.63, 3.8) is 0 Å². The van der Waals surface area contributed by atoms with E-state index in [9.17, 15) is 18.0 Å². The lowest BCUT2D eigenvalue weighted by atomic mass is 10.3. The van der Waals surface area contributed by atoms with Crippen molar-refractivity contribution in [3.05, 3.63) is 42.2 Å². The first-order chi connectivity index (χ1) is 12.3. The molecular formula is C16H19N3O5S2. The molecule has 0 atom stereocenters. The molecule has 2 N–H and O–H groups in total. The van der Waals surface area contributed by atoms with Gasteiger partial charge in [0.15, 0.2) is 6.61 Å². The van der Waals surface area contributed by atoms with Crippen molar-refractivity contribution in [1.29, 1.82) is 0 Å². The molecule has 26 heavy (non-hydrogen) atoms. The van der Waals surface area contributed by atoms with Crippen LogP contribution in [0.5, 0.6) is 0 Å². The van der Waals surface area contributed by atoms with Crippen molar-refractivity contribution in [2.24, 2.45) is 7.05 Å². The quantitative estimate of drug-likeness (QED) is 0.541. The van der Waals surface area contributed by atoms with Crippen LogP contribution in [0, 0.1) is 0 Å². The number of rotatable bonds is 7. The zero-order valence-electron chi connectivity index (χ0n) is 14.5. The zero-order valence-corrected chi connectivity index (χ0v) is 16.1. The summed E-state index contributed by atoms with van der Waals surface area (Å²) >= 11 is 1.54. The van der Waals surface area contributed by atoms with Crippen LogP contribution in [-0.4, -0.2) is 44.8 Å². The topological polar surface area (TPSA) is 106 Å². The normalized spacial score (nSPS) is 11.2. The molecule has 1 aromatic heterocycles. The highest BCUT2D eigenvalue weighted by atomic mass is 32.2. The fourth-order valence-corrected chi connectivity index (χ4v) is 3.36. The Morgan fingerprint density at radius 1 is 1.27 bits per heavy atom. The van der Waals surface area contributed by atoms with Gasteiger partial charge in [-0.15, -0.1) is 11.8 Å². The largest absolute Gasteiger partial charge is 0.451 e. The van der Waals surface area contributed by atoms with E-state index in [1.807, 2.05) is 12.3 Å². The summed E-state index contributed by atoms with van der Waals surface area (Å²) in [6.45, 7) is -0.485. The van der Waals surface area contributed by atoms with Crippen molar-refractivity contribution in [3.8, 4) is 0 Å². The number of nitrogens with zero attached hydrogens (tertiary/aromatic N) is 1. The molecule has 0 fully saturated rings. The minimum atomic E-state index is -3.67. The molecule has 2 aromatic rings. The number of carbonyl (C=O) groups is 2. The van der Waals surface area contributed by atoms with E-state index in [4.69, 9.17) is 4.74 Å². The molecule has 140 valence electrons. The summed E-state index contributed by atoms with van der Waals surface area (Å²) in [5.41, 5.74) is 0.621. The van der Waals surface area contributed by atoms with Crippen LogP contribution in [0.25, 0.3) is 0 Å². The van der Waals surface area contributed by atoms with Crippen LogP contribution in [0.4, 0.5) is 5.69 Å². The number of hydrogen-bond donors (Lipinski definition) is 2. The van der Waals surface area contributed by atoms with Gasteiger partial charge in [-0.3, -0.25) is 4.79 Å². The van der Waals surface area contributed by atoms with Gasteiger partial charge in [-0.2, -0.15) is 0 Å². The Hall–Kier alpha value is -2.30. The molecule has 10 heteroatoms. The predicted molar refractivity (Wildman–Crippen MR) is 98.8 cm³/mol. The number of aryl methyl sites for hydroxylation is 1. The third-order valence-electron chi connectivity index (χ3n) is 3.46. The average Bonchev–Trinajstić information content (AvgIpc) is 3.02. The summed E-state index contributed by atoms with van der Waals surface area (Å²) in [7, 11) is -0.884. The second-order valence-electron chi connectivity index (χ2n) is 5.24. The molecule has 0 aliphatic carbocycles. The number of nitrogens with one attached hydrogen (secondary N) is 2. The van der Waals surface area contributed by atoms with Gasteiger partial charge in [0.2, 0.25) is 10.0 Å². The Balaban J connectivity index is 1.99. The number of aromatic nitrogens is 1. The summed E-state index contributed by atoms with van der Waals surface area (Å²) in [6.07, 6.45) is 3.21. The molecule has 0 saturated carbocycles. The van der Waals surface area contributed by atoms with Crippen molar-refractivity contribution in [2.45, 2.75) is 9.79 Å². The lowest BCUT2D eigenvalue weighted by Gasteiger charge is -2.08. The maximum absolute atomic E-state index is 12.1. The van der Waals surface area contributed by atoms with E-state index in [0.29, 0.717) is 5.69 Å². The molecule has 0 radical (unpaired) electrons. The maximum Gasteiger partial charge on any atom is 0.355 e. The number of hydrogen-bond acceptors (Lipinski definition) is 6. The van der Waals surface area contributed by atoms with Gasteiger partial charge in [0.25, 0.3) is 5.91 Å². The predicted octanol–water partition coefficient (Wildman–Crippen LogP) is 1.45. The second-order valence-corrected chi connectivity index (χ2v) is 8.00. The van der Waals surface area contributed by atoms with Gasteiger partial charge in [-0.25, -0.2) is 17.9 Å². The first-order valence-corrected chi connectivity index (χ1v) is 10.2. The smallest absolute Gasteiger partial charge is 0.355 e. The van der Waals surface area contributed by atoms with E-state index in [0.717, 1.165) is 4.90 Å². The first kappa shape index (κ1) is 20.0. The van der Waals surface area contributed by atoms with Gasteiger partial charge in [0.05, 0.1) is 0 Å². The van der Waals surface area contributed by atoms with Crippen LogP contribution in [0.1, 0.15) is 10.5 Å². The zero-order chi connectivity index (χ0) is 19.3. The highest BCUT2D eigenvalue weighted by molar-refractivity contribution is 7.98. The first-order valence-electron chi connectivity index (χ1n) is 7.47. The minimum absolute atomic E-state index is 0.0241. The SMILES string of the molecule is CNS(=O)(=O)c1cc(C(=O)OCC(=O)Nc2cccc(SC)c2)n(C)c1. The van der Waals surface area contributed by atoms with Crippen LogP contribution in [0.15, 0.2) is 46.3 Å². The molecule has 0 aliphatic heterocycles. The summed E-state index contributed by atoms with van der Waals surface area (Å²) < 4.78 is 32.0. The number of benzene rings is 1. The second kappa shape index (κ2) is 8.39. The number of amides is 1. The van der Waals surface area contributed by atoms with Gasteiger partial charge < -0.3 is 14.6 Å². The van der Waals surface area contributed by atoms with Gasteiger partial charge in [0, 0.05) is 23.8 Å². The van der Waals surface area contributed by atoms with Gasteiger partial charge in [-0.05, 0) is 37.6 Å². The van der Waals surface area contributed by atoms with Gasteiger partial charge in [-0.1, -0.05) is 6.07 Å². The summed E-state index contributed by atoms with van der Waals surface area (Å²) in [5.74, 6) is -1.29. The number of sulfonamides is 1. The van der Waals surface area contributed by atoms with Crippen LogP contribution >= 0.6 is 11.8 Å². The van der Waals surface area contributed by atoms with Crippen molar-refractivity contribution < 1.29 is 22.7 Å². The Labute approximate surface area is 156 Å². The van der Waals surface area contributed by atoms with Crippen LogP contribution in [-0.2, 0) is 26.6 Å². The van der Waals surface area contributed by atoms with E-state index in [-0.39, 0.29) is 10.6 Å². The third kappa shape index (κ3) is 4.87. The number of anilines is 1. The molecule has 8 nitrogen and oxygen atoms in total. The molecule has 1 heterocycles. The molecular weight excluding hydrogens is 378 g/mol. The number of thioether (sulfide) groups is 1. The van der Waals surface area contributed by atoms with Crippen LogP contribution in [0.3, 0.4) is 0 Å². The highest BCUT2D eigenvalue weighted by Gasteiger charge is 2.20. The van der Waals surface area contributed by atoms with Crippen molar-refractivity contribution in [1.82, 2.24) is 9.29 Å². The molecule has 1 aromatic carbocycles. The molecule has 0 saturated heterocycles. The molecule has 2 rings (SSSR count). The van der Waals surface area contributed by atoms with E-state index in [1.165, 1.54) is 42.7 Å². The third-order valence-corrected chi connectivity index (χ3v) is 5.56. The molecule has 1 amide bonds. The summed E-state index contributed by atoms with van der Waals surface area (Å²) in [4.78, 5) is 25.0. The Kier molecular flexibility index (Phi) is 6.46. The molecule has 0 spiro atoms. The lowest BCUT2D eigenvalue weighted by molar-refractivity contribution is -0.119. The van der Waals surface area contributed by atoms with E-state index < -0.39 is 28.5 Å². The van der Waals surface area contributed by atoms with Crippen molar-refractivity contribution >= 4 is 39.3 Å². The van der Waals surface area contributed by atoms with E-state index in [1.54, 1.807) is 18.2 Å². The van der Waals surface area contributed by atoms with E-state index >= 15 is 0 Å². The van der Waals surface area contributed by atoms with Gasteiger partial charge in [0.1, 0.15) is 10.6 Å². The summed E-state index contributed by atoms with van der Waals surface area (Å²) in [5, 5.41) is 2.63. The highest BCUT2D eigenvalue weighted by Crippen LogP contribution is 2.19. The molecule has 0 aliphatic rings. The Morgan fingerprint density at radius 3 is 2.65 bits per heavy atom. The van der Waals surface area contributed by atoms with Crippen molar-refractivity contribution in [2.75, 3.05) is 25.2 Å². The maximum atomic E-state index is 12.1. The number of esters is 1. The Morgan fingerprint density at radius 2 is 2.00 bits per heavy atom. The Bertz CT molecular complexity index is 922. The van der Waals surface area contributed by atoms with Crippen LogP contribution in [0.2, 0.25) is 0 Å².